The Kier molecular flexibility index (Phi) is 14.0. The summed E-state index contributed by atoms with van der Waals surface area (Å²) in [6.45, 7) is 10.6. The van der Waals surface area contributed by atoms with Gasteiger partial charge in [0.25, 0.3) is 0 Å². The summed E-state index contributed by atoms with van der Waals surface area (Å²) in [6, 6.07) is 0. The number of rotatable bonds is 13. The van der Waals surface area contributed by atoms with E-state index >= 15 is 0 Å². The van der Waals surface area contributed by atoms with Gasteiger partial charge in [0.1, 0.15) is 0 Å². The van der Waals surface area contributed by atoms with E-state index in [-0.39, 0.29) is 0 Å². The van der Waals surface area contributed by atoms with Crippen LogP contribution in [-0.2, 0) is 0 Å². The normalized spacial score (nSPS) is 11.3. The molecule has 0 aromatic heterocycles. The molecule has 0 N–H and O–H groups in total. The Morgan fingerprint density at radius 1 is 0.529 bits per heavy atom. The number of hydrogen-bond acceptors (Lipinski definition) is 1. The highest BCUT2D eigenvalue weighted by atomic mass is 15.1. The van der Waals surface area contributed by atoms with Gasteiger partial charge in [-0.1, -0.05) is 78.6 Å². The Hall–Kier alpha value is -0.0400. The number of hydrogen-bond donors (Lipinski definition) is 0. The first-order valence-corrected chi connectivity index (χ1v) is 8.07. The summed E-state index contributed by atoms with van der Waals surface area (Å²) in [5.41, 5.74) is 0. The molecule has 0 rings (SSSR count). The molecule has 17 heavy (non-hydrogen) atoms. The van der Waals surface area contributed by atoms with Gasteiger partial charge in [0.2, 0.25) is 0 Å². The molecule has 0 atom stereocenters. The highest BCUT2D eigenvalue weighted by Gasteiger charge is 1.98. The zero-order valence-electron chi connectivity index (χ0n) is 12.6. The highest BCUT2D eigenvalue weighted by Crippen LogP contribution is 2.10. The molecule has 0 aliphatic heterocycles. The smallest absolute Gasteiger partial charge is 0.00190 e. The molecular formula is C16H35N. The molecule has 1 heteroatoms. The van der Waals surface area contributed by atoms with Crippen LogP contribution in [0.3, 0.4) is 0 Å². The molecule has 0 aromatic rings. The molecule has 0 unspecified atom stereocenters. The lowest BCUT2D eigenvalue weighted by atomic mass is 10.1. The van der Waals surface area contributed by atoms with Crippen molar-refractivity contribution in [2.24, 2.45) is 0 Å². The van der Waals surface area contributed by atoms with Gasteiger partial charge in [0, 0.05) is 0 Å². The zero-order chi connectivity index (χ0) is 12.8. The molecule has 0 radical (unpaired) electrons. The summed E-state index contributed by atoms with van der Waals surface area (Å²) in [5, 5.41) is 0. The molecule has 0 spiro atoms. The third-order valence-electron chi connectivity index (χ3n) is 3.72. The lowest BCUT2D eigenvalue weighted by Crippen LogP contribution is -2.23. The fraction of sp³-hybridized carbons (Fsp3) is 1.00. The molecule has 0 heterocycles. The Labute approximate surface area is 110 Å². The second kappa shape index (κ2) is 14.0. The van der Waals surface area contributed by atoms with E-state index in [1.54, 1.807) is 0 Å². The van der Waals surface area contributed by atoms with Crippen molar-refractivity contribution in [3.63, 3.8) is 0 Å². The summed E-state index contributed by atoms with van der Waals surface area (Å²) >= 11 is 0. The van der Waals surface area contributed by atoms with E-state index in [4.69, 9.17) is 0 Å². The summed E-state index contributed by atoms with van der Waals surface area (Å²) in [7, 11) is 0. The summed E-state index contributed by atoms with van der Waals surface area (Å²) in [5.74, 6) is 0. The Morgan fingerprint density at radius 2 is 0.941 bits per heavy atom. The molecule has 104 valence electrons. The standard InChI is InChI=1S/C16H35N/c1-4-7-8-9-10-11-12-13-14-15-16-17(5-2)6-3/h4-16H2,1-3H3. The second-order valence-electron chi connectivity index (χ2n) is 5.21. The second-order valence-corrected chi connectivity index (χ2v) is 5.21. The van der Waals surface area contributed by atoms with E-state index < -0.39 is 0 Å². The van der Waals surface area contributed by atoms with Gasteiger partial charge >= 0.3 is 0 Å². The molecular weight excluding hydrogens is 206 g/mol. The van der Waals surface area contributed by atoms with E-state index in [1.165, 1.54) is 83.8 Å². The minimum atomic E-state index is 1.22. The van der Waals surface area contributed by atoms with Gasteiger partial charge in [-0.3, -0.25) is 0 Å². The Balaban J connectivity index is 3.03. The number of unbranched alkanes of at least 4 members (excludes halogenated alkanes) is 9. The lowest BCUT2D eigenvalue weighted by Gasteiger charge is -2.17. The molecule has 0 aliphatic carbocycles. The van der Waals surface area contributed by atoms with E-state index in [0.717, 1.165) is 0 Å². The highest BCUT2D eigenvalue weighted by molar-refractivity contribution is 4.53. The van der Waals surface area contributed by atoms with Crippen molar-refractivity contribution >= 4 is 0 Å². The van der Waals surface area contributed by atoms with Crippen LogP contribution < -0.4 is 0 Å². The fourth-order valence-corrected chi connectivity index (χ4v) is 2.36. The van der Waals surface area contributed by atoms with Gasteiger partial charge in [0.15, 0.2) is 0 Å². The van der Waals surface area contributed by atoms with Crippen LogP contribution in [0.15, 0.2) is 0 Å². The van der Waals surface area contributed by atoms with Crippen molar-refractivity contribution in [2.45, 2.75) is 85.0 Å². The molecule has 1 nitrogen and oxygen atoms in total. The van der Waals surface area contributed by atoms with Crippen LogP contribution in [0.25, 0.3) is 0 Å². The average Bonchev–Trinajstić information content (AvgIpc) is 2.36. The molecule has 0 aliphatic rings. The monoisotopic (exact) mass is 241 g/mol. The maximum absolute atomic E-state index is 2.53. The Morgan fingerprint density at radius 3 is 1.35 bits per heavy atom. The van der Waals surface area contributed by atoms with E-state index in [1.807, 2.05) is 0 Å². The minimum Gasteiger partial charge on any atom is -0.304 e. The van der Waals surface area contributed by atoms with Crippen LogP contribution in [0.2, 0.25) is 0 Å². The SMILES string of the molecule is CCCCCCCCCCCCN(CC)CC. The van der Waals surface area contributed by atoms with Gasteiger partial charge in [-0.25, -0.2) is 0 Å². The van der Waals surface area contributed by atoms with Crippen molar-refractivity contribution in [3.05, 3.63) is 0 Å². The van der Waals surface area contributed by atoms with Crippen molar-refractivity contribution in [1.82, 2.24) is 4.90 Å². The van der Waals surface area contributed by atoms with Crippen molar-refractivity contribution in [3.8, 4) is 0 Å². The van der Waals surface area contributed by atoms with Gasteiger partial charge in [-0.2, -0.15) is 0 Å². The third-order valence-corrected chi connectivity index (χ3v) is 3.72. The van der Waals surface area contributed by atoms with Crippen molar-refractivity contribution in [2.75, 3.05) is 19.6 Å². The van der Waals surface area contributed by atoms with Gasteiger partial charge < -0.3 is 4.90 Å². The summed E-state index contributed by atoms with van der Waals surface area (Å²) in [4.78, 5) is 2.53. The van der Waals surface area contributed by atoms with E-state index in [2.05, 4.69) is 25.7 Å². The lowest BCUT2D eigenvalue weighted by molar-refractivity contribution is 0.295. The van der Waals surface area contributed by atoms with Crippen LogP contribution in [0.5, 0.6) is 0 Å². The molecule has 0 saturated carbocycles. The molecule has 0 bridgehead atoms. The van der Waals surface area contributed by atoms with Crippen LogP contribution in [0.4, 0.5) is 0 Å². The first-order chi connectivity index (χ1) is 8.35. The van der Waals surface area contributed by atoms with Gasteiger partial charge in [0.05, 0.1) is 0 Å². The van der Waals surface area contributed by atoms with Crippen LogP contribution in [-0.4, -0.2) is 24.5 Å². The van der Waals surface area contributed by atoms with E-state index in [9.17, 15) is 0 Å². The van der Waals surface area contributed by atoms with Crippen LogP contribution in [0, 0.1) is 0 Å². The predicted molar refractivity (Wildman–Crippen MR) is 79.6 cm³/mol. The maximum Gasteiger partial charge on any atom is -0.00190 e. The molecule has 0 saturated heterocycles. The van der Waals surface area contributed by atoms with Crippen LogP contribution >= 0.6 is 0 Å². The first-order valence-electron chi connectivity index (χ1n) is 8.07. The topological polar surface area (TPSA) is 3.24 Å². The number of nitrogens with zero attached hydrogens (tertiary/aromatic N) is 1. The van der Waals surface area contributed by atoms with Gasteiger partial charge in [-0.05, 0) is 26.1 Å². The van der Waals surface area contributed by atoms with E-state index in [0.29, 0.717) is 0 Å². The molecule has 0 aromatic carbocycles. The maximum atomic E-state index is 2.53. The minimum absolute atomic E-state index is 1.22. The largest absolute Gasteiger partial charge is 0.304 e. The Bertz CT molecular complexity index is 129. The molecule has 0 amide bonds. The zero-order valence-corrected chi connectivity index (χ0v) is 12.6. The van der Waals surface area contributed by atoms with Gasteiger partial charge in [-0.15, -0.1) is 0 Å². The van der Waals surface area contributed by atoms with Crippen molar-refractivity contribution in [1.29, 1.82) is 0 Å². The predicted octanol–water partition coefficient (Wildman–Crippen LogP) is 5.25. The quantitative estimate of drug-likeness (QED) is 0.398. The van der Waals surface area contributed by atoms with Crippen LogP contribution in [0.1, 0.15) is 85.0 Å². The average molecular weight is 241 g/mol. The first kappa shape index (κ1) is 17.0. The van der Waals surface area contributed by atoms with Crippen molar-refractivity contribution < 1.29 is 0 Å². The third kappa shape index (κ3) is 12.2. The summed E-state index contributed by atoms with van der Waals surface area (Å²) in [6.07, 6.45) is 14.4. The fourth-order valence-electron chi connectivity index (χ4n) is 2.36. The molecule has 0 fully saturated rings. The summed E-state index contributed by atoms with van der Waals surface area (Å²) < 4.78 is 0.